The average Bonchev–Trinajstić information content (AvgIpc) is 2.79. The molecule has 202 valence electrons. The molecule has 1 aromatic rings. The lowest BCUT2D eigenvalue weighted by molar-refractivity contribution is -0.130. The lowest BCUT2D eigenvalue weighted by atomic mass is 10.1. The van der Waals surface area contributed by atoms with Crippen molar-refractivity contribution < 1.29 is 33.4 Å². The molecule has 0 radical (unpaired) electrons. The molecular formula is C25H40N4O7. The minimum Gasteiger partial charge on any atom is -0.444 e. The largest absolute Gasteiger partial charge is 0.444 e. The Hall–Kier alpha value is -3.02. The van der Waals surface area contributed by atoms with E-state index in [0.29, 0.717) is 56.8 Å². The molecule has 0 aliphatic rings. The number of ketones is 1. The summed E-state index contributed by atoms with van der Waals surface area (Å²) in [6.45, 7) is 8.48. The number of rotatable bonds is 16. The van der Waals surface area contributed by atoms with Crippen molar-refractivity contribution in [3.05, 3.63) is 29.8 Å². The van der Waals surface area contributed by atoms with Gasteiger partial charge in [0, 0.05) is 24.3 Å². The normalized spacial score (nSPS) is 11.9. The topological polar surface area (TPSA) is 158 Å². The molecule has 0 fully saturated rings. The van der Waals surface area contributed by atoms with E-state index in [0.717, 1.165) is 0 Å². The Morgan fingerprint density at radius 1 is 0.972 bits per heavy atom. The van der Waals surface area contributed by atoms with Gasteiger partial charge in [0.1, 0.15) is 12.2 Å². The highest BCUT2D eigenvalue weighted by Crippen LogP contribution is 2.13. The van der Waals surface area contributed by atoms with Gasteiger partial charge in [-0.3, -0.25) is 19.7 Å². The lowest BCUT2D eigenvalue weighted by Gasteiger charge is -2.19. The first-order valence-electron chi connectivity index (χ1n) is 12.1. The molecule has 1 rings (SSSR count). The predicted molar refractivity (Wildman–Crippen MR) is 136 cm³/mol. The van der Waals surface area contributed by atoms with Crippen LogP contribution in [0.15, 0.2) is 24.3 Å². The van der Waals surface area contributed by atoms with Crippen LogP contribution in [0.25, 0.3) is 0 Å². The molecule has 1 aromatic carbocycles. The number of nitrogens with two attached hydrogens (primary N) is 1. The molecular weight excluding hydrogens is 468 g/mol. The van der Waals surface area contributed by atoms with E-state index < -0.39 is 17.7 Å². The maximum Gasteiger partial charge on any atom is 0.412 e. The third-order valence-corrected chi connectivity index (χ3v) is 4.69. The van der Waals surface area contributed by atoms with Crippen LogP contribution in [0.5, 0.6) is 0 Å². The van der Waals surface area contributed by atoms with Gasteiger partial charge in [0.15, 0.2) is 5.78 Å². The van der Waals surface area contributed by atoms with Crippen LogP contribution in [0.1, 0.15) is 57.3 Å². The van der Waals surface area contributed by atoms with Crippen LogP contribution in [-0.4, -0.2) is 74.9 Å². The van der Waals surface area contributed by atoms with Gasteiger partial charge < -0.3 is 30.6 Å². The van der Waals surface area contributed by atoms with E-state index in [1.807, 2.05) is 0 Å². The Kier molecular flexibility index (Phi) is 14.3. The van der Waals surface area contributed by atoms with Crippen molar-refractivity contribution in [2.24, 2.45) is 5.73 Å². The van der Waals surface area contributed by atoms with Crippen molar-refractivity contribution in [2.75, 3.05) is 44.8 Å². The Labute approximate surface area is 212 Å². The van der Waals surface area contributed by atoms with Crippen molar-refractivity contribution in [3.63, 3.8) is 0 Å². The van der Waals surface area contributed by atoms with E-state index in [9.17, 15) is 19.2 Å². The number of anilines is 1. The highest BCUT2D eigenvalue weighted by molar-refractivity contribution is 5.95. The summed E-state index contributed by atoms with van der Waals surface area (Å²) in [5.74, 6) is -0.756. The summed E-state index contributed by atoms with van der Waals surface area (Å²) >= 11 is 0. The first kappa shape index (κ1) is 31.0. The molecule has 5 N–H and O–H groups in total. The Morgan fingerprint density at radius 2 is 1.64 bits per heavy atom. The van der Waals surface area contributed by atoms with Crippen LogP contribution in [0, 0.1) is 0 Å². The second-order valence-electron chi connectivity index (χ2n) is 9.14. The van der Waals surface area contributed by atoms with Gasteiger partial charge in [-0.2, -0.15) is 0 Å². The molecule has 3 amide bonds. The zero-order valence-electron chi connectivity index (χ0n) is 21.7. The number of hydrogen-bond acceptors (Lipinski definition) is 8. The molecule has 1 atom stereocenters. The van der Waals surface area contributed by atoms with Crippen molar-refractivity contribution in [2.45, 2.75) is 58.6 Å². The summed E-state index contributed by atoms with van der Waals surface area (Å²) in [6.07, 6.45) is 1.16. The second-order valence-corrected chi connectivity index (χ2v) is 9.14. The average molecular weight is 509 g/mol. The van der Waals surface area contributed by atoms with E-state index in [2.05, 4.69) is 16.0 Å². The van der Waals surface area contributed by atoms with Gasteiger partial charge in [-0.15, -0.1) is 0 Å². The Bertz CT molecular complexity index is 838. The maximum atomic E-state index is 12.3. The number of ether oxygens (including phenoxy) is 3. The number of nitrogens with one attached hydrogen (secondary N) is 3. The van der Waals surface area contributed by atoms with Crippen LogP contribution in [0.4, 0.5) is 10.5 Å². The van der Waals surface area contributed by atoms with Gasteiger partial charge in [-0.25, -0.2) is 4.79 Å². The highest BCUT2D eigenvalue weighted by atomic mass is 16.6. The number of unbranched alkanes of at least 4 members (excludes halogenated alkanes) is 1. The zero-order chi connectivity index (χ0) is 27.0. The summed E-state index contributed by atoms with van der Waals surface area (Å²) in [4.78, 5) is 48.0. The van der Waals surface area contributed by atoms with Gasteiger partial charge in [-0.1, -0.05) is 0 Å². The quantitative estimate of drug-likeness (QED) is 0.247. The number of benzene rings is 1. The Morgan fingerprint density at radius 3 is 2.25 bits per heavy atom. The van der Waals surface area contributed by atoms with Gasteiger partial charge in [0.25, 0.3) is 5.91 Å². The fourth-order valence-corrected chi connectivity index (χ4v) is 2.99. The summed E-state index contributed by atoms with van der Waals surface area (Å²) in [5, 5.41) is 8.11. The van der Waals surface area contributed by atoms with Gasteiger partial charge in [0.05, 0.1) is 25.9 Å². The van der Waals surface area contributed by atoms with Crippen LogP contribution < -0.4 is 21.7 Å². The minimum absolute atomic E-state index is 0.140. The molecule has 36 heavy (non-hydrogen) atoms. The van der Waals surface area contributed by atoms with Crippen molar-refractivity contribution >= 4 is 29.4 Å². The fourth-order valence-electron chi connectivity index (χ4n) is 2.99. The lowest BCUT2D eigenvalue weighted by Crippen LogP contribution is -2.41. The SMILES string of the molecule is CC(=O)[C@H](CCCCNC(=O)c1ccc(NC(=O)OC(C)(C)C)cc1)NC(=O)COCCOCCN. The van der Waals surface area contributed by atoms with E-state index in [4.69, 9.17) is 19.9 Å². The highest BCUT2D eigenvalue weighted by Gasteiger charge is 2.17. The van der Waals surface area contributed by atoms with Crippen LogP contribution in [0.2, 0.25) is 0 Å². The molecule has 0 aliphatic heterocycles. The summed E-state index contributed by atoms with van der Waals surface area (Å²) in [6, 6.07) is 5.85. The number of Topliss-reactive ketones (excluding diaryl/α,β-unsaturated/α-hetero) is 1. The molecule has 0 aromatic heterocycles. The third kappa shape index (κ3) is 14.4. The molecule has 0 saturated heterocycles. The summed E-state index contributed by atoms with van der Waals surface area (Å²) < 4.78 is 15.6. The van der Waals surface area contributed by atoms with Gasteiger partial charge in [-0.05, 0) is 71.2 Å². The Balaban J connectivity index is 2.30. The van der Waals surface area contributed by atoms with E-state index in [-0.39, 0.29) is 30.8 Å². The molecule has 0 unspecified atom stereocenters. The molecule has 0 spiro atoms. The smallest absolute Gasteiger partial charge is 0.412 e. The van der Waals surface area contributed by atoms with Crippen molar-refractivity contribution in [3.8, 4) is 0 Å². The second kappa shape index (κ2) is 16.6. The minimum atomic E-state index is -0.603. The van der Waals surface area contributed by atoms with Crippen molar-refractivity contribution in [1.29, 1.82) is 0 Å². The van der Waals surface area contributed by atoms with Crippen LogP contribution in [0.3, 0.4) is 0 Å². The van der Waals surface area contributed by atoms with E-state index in [1.54, 1.807) is 45.0 Å². The van der Waals surface area contributed by atoms with Crippen LogP contribution >= 0.6 is 0 Å². The molecule has 0 saturated carbocycles. The number of carbonyl (C=O) groups excluding carboxylic acids is 4. The number of hydrogen-bond donors (Lipinski definition) is 4. The maximum absolute atomic E-state index is 12.3. The van der Waals surface area contributed by atoms with Gasteiger partial charge in [0.2, 0.25) is 5.91 Å². The molecule has 0 aliphatic carbocycles. The fraction of sp³-hybridized carbons (Fsp3) is 0.600. The third-order valence-electron chi connectivity index (χ3n) is 4.69. The first-order valence-corrected chi connectivity index (χ1v) is 12.1. The molecule has 11 nitrogen and oxygen atoms in total. The standard InChI is InChI=1S/C25H40N4O7/c1-18(30)21(29-22(31)17-35-16-15-34-14-12-26)7-5-6-13-27-23(32)19-8-10-20(11-9-19)28-24(33)36-25(2,3)4/h8-11,21H,5-7,12-17,26H2,1-4H3,(H,27,32)(H,28,33)(H,29,31)/t21-/m0/s1. The molecule has 11 heteroatoms. The number of carbonyl (C=O) groups is 4. The first-order chi connectivity index (χ1) is 17.0. The molecule has 0 bridgehead atoms. The summed E-state index contributed by atoms with van der Waals surface area (Å²) in [7, 11) is 0. The summed E-state index contributed by atoms with van der Waals surface area (Å²) in [5.41, 5.74) is 5.67. The zero-order valence-corrected chi connectivity index (χ0v) is 21.7. The molecule has 0 heterocycles. The van der Waals surface area contributed by atoms with Crippen LogP contribution in [-0.2, 0) is 23.8 Å². The van der Waals surface area contributed by atoms with Gasteiger partial charge >= 0.3 is 6.09 Å². The van der Waals surface area contributed by atoms with E-state index >= 15 is 0 Å². The number of amides is 3. The monoisotopic (exact) mass is 508 g/mol. The van der Waals surface area contributed by atoms with Crippen molar-refractivity contribution in [1.82, 2.24) is 10.6 Å². The van der Waals surface area contributed by atoms with E-state index in [1.165, 1.54) is 6.92 Å². The predicted octanol–water partition coefficient (Wildman–Crippen LogP) is 2.00.